The summed E-state index contributed by atoms with van der Waals surface area (Å²) in [5.41, 5.74) is 2.77. The van der Waals surface area contributed by atoms with Gasteiger partial charge in [0.05, 0.1) is 31.1 Å². The summed E-state index contributed by atoms with van der Waals surface area (Å²) in [5.74, 6) is 0.0429. The van der Waals surface area contributed by atoms with Gasteiger partial charge in [0.25, 0.3) is 0 Å². The average molecular weight is 330 g/mol. The Hall–Kier alpha value is -2.48. The first-order valence-corrected chi connectivity index (χ1v) is 7.88. The summed E-state index contributed by atoms with van der Waals surface area (Å²) in [6, 6.07) is 5.72. The molecule has 0 saturated heterocycles. The highest BCUT2D eigenvalue weighted by atomic mass is 16.5. The third-order valence-corrected chi connectivity index (χ3v) is 4.06. The van der Waals surface area contributed by atoms with Gasteiger partial charge in [-0.2, -0.15) is 0 Å². The van der Waals surface area contributed by atoms with Crippen molar-refractivity contribution in [1.29, 1.82) is 0 Å². The minimum absolute atomic E-state index is 0.0268. The van der Waals surface area contributed by atoms with Crippen LogP contribution in [-0.4, -0.2) is 63.1 Å². The zero-order valence-corrected chi connectivity index (χ0v) is 14.2. The molecule has 2 aromatic heterocycles. The number of urea groups is 1. The van der Waals surface area contributed by atoms with Gasteiger partial charge < -0.3 is 14.5 Å². The molecule has 8 nitrogen and oxygen atoms in total. The molecule has 2 amide bonds. The zero-order valence-electron chi connectivity index (χ0n) is 14.2. The van der Waals surface area contributed by atoms with Gasteiger partial charge in [0, 0.05) is 39.8 Å². The van der Waals surface area contributed by atoms with Crippen LogP contribution in [0.3, 0.4) is 0 Å². The maximum atomic E-state index is 12.3. The van der Waals surface area contributed by atoms with E-state index in [1.807, 2.05) is 25.2 Å². The number of hydrogen-bond donors (Lipinski definition) is 0. The predicted molar refractivity (Wildman–Crippen MR) is 87.1 cm³/mol. The summed E-state index contributed by atoms with van der Waals surface area (Å²) in [6.45, 7) is 2.01. The van der Waals surface area contributed by atoms with Crippen molar-refractivity contribution in [2.45, 2.75) is 19.1 Å². The molecule has 0 aliphatic carbocycles. The van der Waals surface area contributed by atoms with Crippen molar-refractivity contribution in [2.75, 3.05) is 27.2 Å². The number of hydrogen-bond acceptors (Lipinski definition) is 5. The van der Waals surface area contributed by atoms with E-state index in [1.54, 1.807) is 34.8 Å². The molecule has 1 aliphatic heterocycles. The SMILES string of the molecule is CN(C)C(=O)N1Cc2nnn(C)c2C(COCc2ccccn2)C1. The fraction of sp³-hybridized carbons (Fsp3) is 0.500. The van der Waals surface area contributed by atoms with Crippen LogP contribution in [0.1, 0.15) is 23.0 Å². The lowest BCUT2D eigenvalue weighted by molar-refractivity contribution is 0.0843. The highest BCUT2D eigenvalue weighted by Gasteiger charge is 2.33. The highest BCUT2D eigenvalue weighted by molar-refractivity contribution is 5.74. The van der Waals surface area contributed by atoms with E-state index in [1.165, 1.54) is 0 Å². The Morgan fingerprint density at radius 3 is 2.96 bits per heavy atom. The average Bonchev–Trinajstić information content (AvgIpc) is 2.96. The number of amides is 2. The minimum atomic E-state index is -0.0268. The first-order chi connectivity index (χ1) is 11.6. The molecule has 2 aromatic rings. The quantitative estimate of drug-likeness (QED) is 0.836. The lowest BCUT2D eigenvalue weighted by atomic mass is 9.99. The molecule has 1 atom stereocenters. The molecule has 0 aromatic carbocycles. The van der Waals surface area contributed by atoms with Gasteiger partial charge in [-0.3, -0.25) is 9.67 Å². The molecule has 0 spiro atoms. The van der Waals surface area contributed by atoms with Crippen molar-refractivity contribution in [3.63, 3.8) is 0 Å². The van der Waals surface area contributed by atoms with Crippen molar-refractivity contribution in [3.8, 4) is 0 Å². The van der Waals surface area contributed by atoms with Gasteiger partial charge in [-0.25, -0.2) is 4.79 Å². The number of aryl methyl sites for hydroxylation is 1. The van der Waals surface area contributed by atoms with E-state index < -0.39 is 0 Å². The predicted octanol–water partition coefficient (Wildman–Crippen LogP) is 1.01. The fourth-order valence-electron chi connectivity index (χ4n) is 2.97. The second-order valence-corrected chi connectivity index (χ2v) is 6.14. The van der Waals surface area contributed by atoms with Gasteiger partial charge >= 0.3 is 6.03 Å². The van der Waals surface area contributed by atoms with Crippen LogP contribution in [0.4, 0.5) is 4.79 Å². The Labute approximate surface area is 141 Å². The molecular weight excluding hydrogens is 308 g/mol. The van der Waals surface area contributed by atoms with Crippen molar-refractivity contribution in [3.05, 3.63) is 41.5 Å². The van der Waals surface area contributed by atoms with Crippen molar-refractivity contribution >= 4 is 6.03 Å². The van der Waals surface area contributed by atoms with Gasteiger partial charge in [0.1, 0.15) is 5.69 Å². The normalized spacial score (nSPS) is 16.8. The molecule has 3 rings (SSSR count). The number of rotatable bonds is 4. The molecule has 8 heteroatoms. The molecule has 1 unspecified atom stereocenters. The molecule has 3 heterocycles. The molecule has 0 fully saturated rings. The number of nitrogens with zero attached hydrogens (tertiary/aromatic N) is 6. The summed E-state index contributed by atoms with van der Waals surface area (Å²) < 4.78 is 7.63. The van der Waals surface area contributed by atoms with Gasteiger partial charge in [-0.05, 0) is 12.1 Å². The van der Waals surface area contributed by atoms with Gasteiger partial charge in [-0.15, -0.1) is 5.10 Å². The molecule has 0 saturated carbocycles. The van der Waals surface area contributed by atoms with Gasteiger partial charge in [0.2, 0.25) is 0 Å². The van der Waals surface area contributed by atoms with E-state index >= 15 is 0 Å². The molecule has 1 aliphatic rings. The molecule has 24 heavy (non-hydrogen) atoms. The summed E-state index contributed by atoms with van der Waals surface area (Å²) in [7, 11) is 5.38. The van der Waals surface area contributed by atoms with Gasteiger partial charge in [-0.1, -0.05) is 11.3 Å². The number of carbonyl (C=O) groups is 1. The Morgan fingerprint density at radius 1 is 1.42 bits per heavy atom. The lowest BCUT2D eigenvalue weighted by Crippen LogP contribution is -2.44. The largest absolute Gasteiger partial charge is 0.374 e. The number of ether oxygens (including phenoxy) is 1. The van der Waals surface area contributed by atoms with E-state index in [2.05, 4.69) is 15.3 Å². The Bertz CT molecular complexity index is 700. The van der Waals surface area contributed by atoms with Crippen LogP contribution in [0.15, 0.2) is 24.4 Å². The number of carbonyl (C=O) groups excluding carboxylic acids is 1. The monoisotopic (exact) mass is 330 g/mol. The van der Waals surface area contributed by atoms with Crippen LogP contribution in [0.25, 0.3) is 0 Å². The summed E-state index contributed by atoms with van der Waals surface area (Å²) in [4.78, 5) is 19.9. The second-order valence-electron chi connectivity index (χ2n) is 6.14. The summed E-state index contributed by atoms with van der Waals surface area (Å²) in [6.07, 6.45) is 1.75. The van der Waals surface area contributed by atoms with Crippen LogP contribution < -0.4 is 0 Å². The van der Waals surface area contributed by atoms with Crippen molar-refractivity contribution in [2.24, 2.45) is 7.05 Å². The molecule has 128 valence electrons. The van der Waals surface area contributed by atoms with Crippen LogP contribution in [0.2, 0.25) is 0 Å². The molecular formula is C16H22N6O2. The molecule has 0 bridgehead atoms. The Morgan fingerprint density at radius 2 is 2.25 bits per heavy atom. The third-order valence-electron chi connectivity index (χ3n) is 4.06. The smallest absolute Gasteiger partial charge is 0.319 e. The fourth-order valence-corrected chi connectivity index (χ4v) is 2.97. The minimum Gasteiger partial charge on any atom is -0.374 e. The van der Waals surface area contributed by atoms with Crippen LogP contribution in [0, 0.1) is 0 Å². The Balaban J connectivity index is 1.70. The lowest BCUT2D eigenvalue weighted by Gasteiger charge is -2.33. The molecule has 0 radical (unpaired) electrons. The summed E-state index contributed by atoms with van der Waals surface area (Å²) >= 11 is 0. The van der Waals surface area contributed by atoms with E-state index in [-0.39, 0.29) is 11.9 Å². The van der Waals surface area contributed by atoms with E-state index in [0.29, 0.717) is 26.3 Å². The first kappa shape index (κ1) is 16.4. The highest BCUT2D eigenvalue weighted by Crippen LogP contribution is 2.27. The van der Waals surface area contributed by atoms with E-state index in [9.17, 15) is 4.79 Å². The molecule has 0 N–H and O–H groups in total. The maximum Gasteiger partial charge on any atom is 0.319 e. The van der Waals surface area contributed by atoms with E-state index in [0.717, 1.165) is 17.1 Å². The Kier molecular flexibility index (Phi) is 4.75. The van der Waals surface area contributed by atoms with Gasteiger partial charge in [0.15, 0.2) is 0 Å². The number of aromatic nitrogens is 4. The van der Waals surface area contributed by atoms with Crippen LogP contribution in [0.5, 0.6) is 0 Å². The van der Waals surface area contributed by atoms with E-state index in [4.69, 9.17) is 4.74 Å². The number of fused-ring (bicyclic) bond motifs is 1. The zero-order chi connectivity index (χ0) is 17.1. The van der Waals surface area contributed by atoms with Crippen LogP contribution in [-0.2, 0) is 24.9 Å². The standard InChI is InChI=1S/C16H22N6O2/c1-20(2)16(23)22-8-12(15-14(9-22)18-19-21(15)3)10-24-11-13-6-4-5-7-17-13/h4-7,12H,8-11H2,1-3H3. The third kappa shape index (κ3) is 3.38. The van der Waals surface area contributed by atoms with Crippen LogP contribution >= 0.6 is 0 Å². The first-order valence-electron chi connectivity index (χ1n) is 7.88. The maximum absolute atomic E-state index is 12.3. The topological polar surface area (TPSA) is 76.4 Å². The van der Waals surface area contributed by atoms with Crippen molar-refractivity contribution < 1.29 is 9.53 Å². The summed E-state index contributed by atoms with van der Waals surface area (Å²) in [5, 5.41) is 8.30. The second kappa shape index (κ2) is 6.96. The van der Waals surface area contributed by atoms with Crippen molar-refractivity contribution in [1.82, 2.24) is 29.8 Å². The number of pyridine rings is 1.